The molecular formula is C21H24O6. The van der Waals surface area contributed by atoms with Gasteiger partial charge in [-0.1, -0.05) is 12.2 Å². The number of ether oxygens (including phenoxy) is 3. The lowest BCUT2D eigenvalue weighted by atomic mass is 9.89. The fraction of sp³-hybridized carbons (Fsp3) is 0.524. The number of carbonyl (C=O) groups is 2. The van der Waals surface area contributed by atoms with Crippen molar-refractivity contribution in [3.63, 3.8) is 0 Å². The zero-order valence-corrected chi connectivity index (χ0v) is 15.9. The molecule has 27 heavy (non-hydrogen) atoms. The Kier molecular flexibility index (Phi) is 4.26. The molecule has 6 heteroatoms. The topological polar surface area (TPSA) is 78.3 Å². The second-order valence-electron chi connectivity index (χ2n) is 7.91. The summed E-state index contributed by atoms with van der Waals surface area (Å²) in [5.41, 5.74) is 1.64. The van der Waals surface area contributed by atoms with Gasteiger partial charge < -0.3 is 18.6 Å². The molecule has 4 bridgehead atoms. The van der Waals surface area contributed by atoms with Crippen molar-refractivity contribution in [3.8, 4) is 0 Å². The highest BCUT2D eigenvalue weighted by atomic mass is 16.6. The summed E-state index contributed by atoms with van der Waals surface area (Å²) in [5, 5.41) is 0. The van der Waals surface area contributed by atoms with Crippen molar-refractivity contribution in [2.45, 2.75) is 57.3 Å². The summed E-state index contributed by atoms with van der Waals surface area (Å²) in [7, 11) is 1.36. The third-order valence-electron chi connectivity index (χ3n) is 5.78. The molecule has 0 amide bonds. The number of allylic oxidation sites excluding steroid dienone is 1. The molecule has 3 aliphatic rings. The fourth-order valence-electron chi connectivity index (χ4n) is 4.06. The highest BCUT2D eigenvalue weighted by Gasteiger charge is 2.57. The third-order valence-corrected chi connectivity index (χ3v) is 5.78. The summed E-state index contributed by atoms with van der Waals surface area (Å²) in [6.07, 6.45) is 3.78. The van der Waals surface area contributed by atoms with Gasteiger partial charge in [0.05, 0.1) is 7.11 Å². The lowest BCUT2D eigenvalue weighted by Crippen LogP contribution is -2.18. The molecule has 1 fully saturated rings. The molecular weight excluding hydrogens is 348 g/mol. The van der Waals surface area contributed by atoms with E-state index in [1.165, 1.54) is 7.11 Å². The van der Waals surface area contributed by atoms with Crippen LogP contribution in [0.3, 0.4) is 0 Å². The van der Waals surface area contributed by atoms with Gasteiger partial charge in [0.1, 0.15) is 34.9 Å². The van der Waals surface area contributed by atoms with Crippen molar-refractivity contribution in [3.05, 3.63) is 47.0 Å². The van der Waals surface area contributed by atoms with Crippen LogP contribution in [0.2, 0.25) is 0 Å². The van der Waals surface area contributed by atoms with E-state index in [1.54, 1.807) is 6.07 Å². The number of methoxy groups -OCH3 is 1. The van der Waals surface area contributed by atoms with Crippen LogP contribution in [0.5, 0.6) is 0 Å². The van der Waals surface area contributed by atoms with E-state index in [4.69, 9.17) is 18.6 Å². The van der Waals surface area contributed by atoms with Gasteiger partial charge >= 0.3 is 11.9 Å². The Morgan fingerprint density at radius 1 is 1.41 bits per heavy atom. The smallest absolute Gasteiger partial charge is 0.341 e. The molecule has 4 atom stereocenters. The van der Waals surface area contributed by atoms with E-state index in [1.807, 2.05) is 19.9 Å². The first kappa shape index (κ1) is 18.0. The standard InChI is InChI=1S/C21H24O6/c1-11(2)12-5-6-13-7-14(25-19(13)22)10-21(3)18(27-21)17-9-15(20(23)24-4)16(8-12)26-17/h7,9,12,14,18H,1,5-6,8,10H2,2-4H3/t12-,14-,18-,21+/m1/s1. The van der Waals surface area contributed by atoms with Gasteiger partial charge in [-0.3, -0.25) is 0 Å². The molecule has 0 N–H and O–H groups in total. The summed E-state index contributed by atoms with van der Waals surface area (Å²) < 4.78 is 22.4. The highest BCUT2D eigenvalue weighted by molar-refractivity contribution is 5.91. The van der Waals surface area contributed by atoms with Gasteiger partial charge in [-0.2, -0.15) is 0 Å². The second-order valence-corrected chi connectivity index (χ2v) is 7.91. The predicted molar refractivity (Wildman–Crippen MR) is 96.1 cm³/mol. The monoisotopic (exact) mass is 372 g/mol. The minimum absolute atomic E-state index is 0.0763. The Bertz CT molecular complexity index is 847. The van der Waals surface area contributed by atoms with Crippen LogP contribution in [-0.4, -0.2) is 30.8 Å². The summed E-state index contributed by atoms with van der Waals surface area (Å²) in [6, 6.07) is 1.72. The van der Waals surface area contributed by atoms with Crippen molar-refractivity contribution in [2.24, 2.45) is 5.92 Å². The minimum atomic E-state index is -0.485. The van der Waals surface area contributed by atoms with Gasteiger partial charge in [0.2, 0.25) is 0 Å². The van der Waals surface area contributed by atoms with E-state index in [0.717, 1.165) is 12.0 Å². The molecule has 0 aromatic carbocycles. The first-order chi connectivity index (χ1) is 12.8. The van der Waals surface area contributed by atoms with Crippen molar-refractivity contribution >= 4 is 11.9 Å². The van der Waals surface area contributed by atoms with Crippen LogP contribution in [0.15, 0.2) is 34.3 Å². The Morgan fingerprint density at radius 2 is 2.19 bits per heavy atom. The zero-order chi connectivity index (χ0) is 19.3. The van der Waals surface area contributed by atoms with Gasteiger partial charge in [0.15, 0.2) is 0 Å². The van der Waals surface area contributed by atoms with Crippen LogP contribution in [-0.2, 0) is 25.4 Å². The molecule has 1 aromatic rings. The normalized spacial score (nSPS) is 32.2. The lowest BCUT2D eigenvalue weighted by Gasteiger charge is -2.16. The largest absolute Gasteiger partial charge is 0.465 e. The van der Waals surface area contributed by atoms with Crippen LogP contribution < -0.4 is 0 Å². The van der Waals surface area contributed by atoms with E-state index in [9.17, 15) is 9.59 Å². The Morgan fingerprint density at radius 3 is 2.89 bits per heavy atom. The van der Waals surface area contributed by atoms with Crippen LogP contribution >= 0.6 is 0 Å². The van der Waals surface area contributed by atoms with Crippen LogP contribution in [0.1, 0.15) is 61.1 Å². The van der Waals surface area contributed by atoms with Gasteiger partial charge in [-0.05, 0) is 44.7 Å². The second kappa shape index (κ2) is 6.37. The number of hydrogen-bond acceptors (Lipinski definition) is 6. The minimum Gasteiger partial charge on any atom is -0.465 e. The predicted octanol–water partition coefficient (Wildman–Crippen LogP) is 3.67. The Hall–Kier alpha value is -2.34. The van der Waals surface area contributed by atoms with Crippen molar-refractivity contribution in [2.75, 3.05) is 7.11 Å². The number of fused-ring (bicyclic) bond motifs is 5. The molecule has 0 unspecified atom stereocenters. The SMILES string of the molecule is C=C(C)[C@@H]1CCC2=C[C@H](C[C@]3(C)O[C@@H]3c3cc(C(=O)OC)c(o3)C1)OC2=O. The summed E-state index contributed by atoms with van der Waals surface area (Å²) in [4.78, 5) is 24.4. The summed E-state index contributed by atoms with van der Waals surface area (Å²) in [6.45, 7) is 8.00. The molecule has 0 spiro atoms. The number of epoxide rings is 1. The van der Waals surface area contributed by atoms with Crippen LogP contribution in [0.25, 0.3) is 0 Å². The van der Waals surface area contributed by atoms with Gasteiger partial charge in [-0.25, -0.2) is 9.59 Å². The molecule has 1 saturated heterocycles. The summed E-state index contributed by atoms with van der Waals surface area (Å²) >= 11 is 0. The van der Waals surface area contributed by atoms with Crippen LogP contribution in [0.4, 0.5) is 0 Å². The number of rotatable bonds is 2. The zero-order valence-electron chi connectivity index (χ0n) is 15.9. The Labute approximate surface area is 158 Å². The number of carbonyl (C=O) groups excluding carboxylic acids is 2. The average molecular weight is 372 g/mol. The molecule has 0 saturated carbocycles. The Balaban J connectivity index is 1.72. The van der Waals surface area contributed by atoms with E-state index >= 15 is 0 Å². The molecule has 144 valence electrons. The molecule has 0 radical (unpaired) electrons. The van der Waals surface area contributed by atoms with E-state index in [0.29, 0.717) is 41.9 Å². The maximum Gasteiger partial charge on any atom is 0.341 e. The molecule has 6 nitrogen and oxygen atoms in total. The maximum atomic E-state index is 12.2. The van der Waals surface area contributed by atoms with E-state index in [2.05, 4.69) is 6.58 Å². The van der Waals surface area contributed by atoms with E-state index < -0.39 is 11.6 Å². The van der Waals surface area contributed by atoms with Crippen molar-refractivity contribution in [1.82, 2.24) is 0 Å². The molecule has 4 heterocycles. The van der Waals surface area contributed by atoms with Crippen LogP contribution in [0, 0.1) is 5.92 Å². The molecule has 0 aliphatic carbocycles. The highest BCUT2D eigenvalue weighted by Crippen LogP contribution is 2.54. The van der Waals surface area contributed by atoms with Gasteiger partial charge in [-0.15, -0.1) is 0 Å². The molecule has 3 aliphatic heterocycles. The first-order valence-electron chi connectivity index (χ1n) is 9.26. The van der Waals surface area contributed by atoms with Crippen molar-refractivity contribution in [1.29, 1.82) is 0 Å². The number of furan rings is 1. The maximum absolute atomic E-state index is 12.2. The average Bonchev–Trinajstić information content (AvgIpc) is 2.94. The molecule has 1 aromatic heterocycles. The lowest BCUT2D eigenvalue weighted by molar-refractivity contribution is -0.140. The summed E-state index contributed by atoms with van der Waals surface area (Å²) in [5.74, 6) is 0.611. The fourth-order valence-corrected chi connectivity index (χ4v) is 4.06. The van der Waals surface area contributed by atoms with Crippen molar-refractivity contribution < 1.29 is 28.2 Å². The van der Waals surface area contributed by atoms with E-state index in [-0.39, 0.29) is 24.1 Å². The number of hydrogen-bond donors (Lipinski definition) is 0. The third kappa shape index (κ3) is 3.23. The number of esters is 2. The van der Waals surface area contributed by atoms with Gasteiger partial charge in [0, 0.05) is 18.4 Å². The first-order valence-corrected chi connectivity index (χ1v) is 9.26. The van der Waals surface area contributed by atoms with Gasteiger partial charge in [0.25, 0.3) is 0 Å². The quantitative estimate of drug-likeness (QED) is 0.448. The molecule has 4 rings (SSSR count).